The van der Waals surface area contributed by atoms with Gasteiger partial charge in [0.2, 0.25) is 0 Å². The van der Waals surface area contributed by atoms with Crippen LogP contribution in [0.3, 0.4) is 0 Å². The molecule has 1 aliphatic heterocycles. The van der Waals surface area contributed by atoms with Crippen molar-refractivity contribution in [1.29, 1.82) is 0 Å². The van der Waals surface area contributed by atoms with E-state index >= 15 is 0 Å². The van der Waals surface area contributed by atoms with Gasteiger partial charge in [0.15, 0.2) is 0 Å². The molecule has 0 bridgehead atoms. The van der Waals surface area contributed by atoms with E-state index in [4.69, 9.17) is 0 Å². The highest BCUT2D eigenvalue weighted by Crippen LogP contribution is 2.28. The van der Waals surface area contributed by atoms with Gasteiger partial charge in [-0.2, -0.15) is 0 Å². The summed E-state index contributed by atoms with van der Waals surface area (Å²) in [6, 6.07) is 4.97. The maximum absolute atomic E-state index is 10.7. The number of benzene rings is 1. The summed E-state index contributed by atoms with van der Waals surface area (Å²) in [6.07, 6.45) is 2.11. The zero-order valence-electron chi connectivity index (χ0n) is 10.5. The molecule has 2 rings (SSSR count). The van der Waals surface area contributed by atoms with Crippen molar-refractivity contribution in [2.45, 2.75) is 19.8 Å². The summed E-state index contributed by atoms with van der Waals surface area (Å²) in [5.74, 6) is 0.313. The summed E-state index contributed by atoms with van der Waals surface area (Å²) in [4.78, 5) is 12.5. The fourth-order valence-electron chi connectivity index (χ4n) is 2.54. The molecule has 1 unspecified atom stereocenters. The van der Waals surface area contributed by atoms with Crippen molar-refractivity contribution in [1.82, 2.24) is 0 Å². The average Bonchev–Trinajstić information content (AvgIpc) is 2.38. The van der Waals surface area contributed by atoms with Gasteiger partial charge in [0.05, 0.1) is 4.92 Å². The van der Waals surface area contributed by atoms with Crippen molar-refractivity contribution >= 4 is 11.4 Å². The minimum atomic E-state index is -0.372. The number of non-ortho nitro benzene ring substituents is 1. The first-order valence-electron chi connectivity index (χ1n) is 6.22. The number of piperidine rings is 1. The predicted octanol–water partition coefficient (Wildman–Crippen LogP) is 2.11. The number of anilines is 1. The number of aryl methyl sites for hydroxylation is 1. The molecule has 5 heteroatoms. The first kappa shape index (κ1) is 12.8. The Morgan fingerprint density at radius 2 is 2.33 bits per heavy atom. The number of aliphatic hydroxyl groups excluding tert-OH is 1. The van der Waals surface area contributed by atoms with Crippen LogP contribution in [-0.2, 0) is 0 Å². The van der Waals surface area contributed by atoms with Crippen LogP contribution in [0.4, 0.5) is 11.4 Å². The summed E-state index contributed by atoms with van der Waals surface area (Å²) >= 11 is 0. The Labute approximate surface area is 106 Å². The van der Waals surface area contributed by atoms with Gasteiger partial charge in [-0.05, 0) is 37.3 Å². The fourth-order valence-corrected chi connectivity index (χ4v) is 2.54. The molecule has 1 aromatic rings. The summed E-state index contributed by atoms with van der Waals surface area (Å²) in [5, 5.41) is 19.9. The average molecular weight is 250 g/mol. The van der Waals surface area contributed by atoms with Gasteiger partial charge < -0.3 is 10.0 Å². The molecule has 1 fully saturated rings. The van der Waals surface area contributed by atoms with Gasteiger partial charge >= 0.3 is 0 Å². The van der Waals surface area contributed by atoms with Crippen LogP contribution in [0.1, 0.15) is 18.4 Å². The minimum absolute atomic E-state index is 0.131. The molecule has 1 heterocycles. The molecule has 0 saturated carbocycles. The van der Waals surface area contributed by atoms with Gasteiger partial charge in [-0.3, -0.25) is 10.1 Å². The number of hydrogen-bond donors (Lipinski definition) is 1. The van der Waals surface area contributed by atoms with E-state index in [1.165, 1.54) is 0 Å². The quantitative estimate of drug-likeness (QED) is 0.659. The van der Waals surface area contributed by atoms with Gasteiger partial charge in [-0.1, -0.05) is 0 Å². The Kier molecular flexibility index (Phi) is 3.81. The van der Waals surface area contributed by atoms with E-state index in [-0.39, 0.29) is 17.2 Å². The number of hydrogen-bond acceptors (Lipinski definition) is 4. The predicted molar refractivity (Wildman–Crippen MR) is 69.9 cm³/mol. The van der Waals surface area contributed by atoms with E-state index in [0.29, 0.717) is 5.92 Å². The van der Waals surface area contributed by atoms with E-state index in [1.54, 1.807) is 12.1 Å². The third-order valence-corrected chi connectivity index (χ3v) is 3.51. The molecule has 18 heavy (non-hydrogen) atoms. The highest BCUT2D eigenvalue weighted by molar-refractivity contribution is 5.57. The highest BCUT2D eigenvalue weighted by Gasteiger charge is 2.21. The second-order valence-corrected chi connectivity index (χ2v) is 4.86. The Balaban J connectivity index is 2.20. The van der Waals surface area contributed by atoms with E-state index < -0.39 is 0 Å². The summed E-state index contributed by atoms with van der Waals surface area (Å²) < 4.78 is 0. The lowest BCUT2D eigenvalue weighted by atomic mass is 9.98. The van der Waals surface area contributed by atoms with Crippen LogP contribution in [0.15, 0.2) is 18.2 Å². The standard InChI is InChI=1S/C13H18N2O3/c1-10-7-12(15(17)18)4-5-13(10)14-6-2-3-11(8-14)9-16/h4-5,7,11,16H,2-3,6,8-9H2,1H3. The third-order valence-electron chi connectivity index (χ3n) is 3.51. The van der Waals surface area contributed by atoms with E-state index in [2.05, 4.69) is 4.90 Å². The number of nitrogens with zero attached hydrogens (tertiary/aromatic N) is 2. The molecule has 1 atom stereocenters. The second-order valence-electron chi connectivity index (χ2n) is 4.86. The molecule has 1 saturated heterocycles. The van der Waals surface area contributed by atoms with Crippen molar-refractivity contribution in [2.24, 2.45) is 5.92 Å². The zero-order chi connectivity index (χ0) is 13.1. The first-order valence-corrected chi connectivity index (χ1v) is 6.22. The Morgan fingerprint density at radius 1 is 1.56 bits per heavy atom. The molecule has 1 N–H and O–H groups in total. The largest absolute Gasteiger partial charge is 0.396 e. The van der Waals surface area contributed by atoms with Crippen LogP contribution in [0.25, 0.3) is 0 Å². The van der Waals surface area contributed by atoms with Gasteiger partial charge in [0.1, 0.15) is 0 Å². The molecule has 5 nitrogen and oxygen atoms in total. The third kappa shape index (κ3) is 2.61. The van der Waals surface area contributed by atoms with Gasteiger partial charge in [-0.25, -0.2) is 0 Å². The summed E-state index contributed by atoms with van der Waals surface area (Å²) in [7, 11) is 0. The maximum atomic E-state index is 10.7. The van der Waals surface area contributed by atoms with E-state index in [0.717, 1.165) is 37.2 Å². The lowest BCUT2D eigenvalue weighted by molar-refractivity contribution is -0.384. The van der Waals surface area contributed by atoms with Crippen LogP contribution in [0, 0.1) is 23.0 Å². The number of nitro benzene ring substituents is 1. The van der Waals surface area contributed by atoms with E-state index in [1.807, 2.05) is 13.0 Å². The van der Waals surface area contributed by atoms with Crippen molar-refractivity contribution in [3.63, 3.8) is 0 Å². The van der Waals surface area contributed by atoms with Gasteiger partial charge in [0.25, 0.3) is 5.69 Å². The second kappa shape index (κ2) is 5.35. The lowest BCUT2D eigenvalue weighted by Crippen LogP contribution is -2.37. The SMILES string of the molecule is Cc1cc([N+](=O)[O-])ccc1N1CCCC(CO)C1. The molecule has 0 aromatic heterocycles. The molecule has 0 radical (unpaired) electrons. The Morgan fingerprint density at radius 3 is 2.94 bits per heavy atom. The van der Waals surface area contributed by atoms with Crippen molar-refractivity contribution in [2.75, 3.05) is 24.6 Å². The Bertz CT molecular complexity index is 448. The van der Waals surface area contributed by atoms with Crippen LogP contribution < -0.4 is 4.90 Å². The minimum Gasteiger partial charge on any atom is -0.396 e. The molecule has 1 aromatic carbocycles. The zero-order valence-corrected chi connectivity index (χ0v) is 10.5. The van der Waals surface area contributed by atoms with Gasteiger partial charge in [0, 0.05) is 37.5 Å². The van der Waals surface area contributed by atoms with Crippen LogP contribution >= 0.6 is 0 Å². The summed E-state index contributed by atoms with van der Waals surface area (Å²) in [5.41, 5.74) is 2.09. The normalized spacial score (nSPS) is 19.9. The van der Waals surface area contributed by atoms with Crippen molar-refractivity contribution in [3.05, 3.63) is 33.9 Å². The van der Waals surface area contributed by atoms with Crippen molar-refractivity contribution in [3.8, 4) is 0 Å². The number of nitro groups is 1. The first-order chi connectivity index (χ1) is 8.61. The number of rotatable bonds is 3. The smallest absolute Gasteiger partial charge is 0.269 e. The molecular formula is C13H18N2O3. The highest BCUT2D eigenvalue weighted by atomic mass is 16.6. The lowest BCUT2D eigenvalue weighted by Gasteiger charge is -2.34. The maximum Gasteiger partial charge on any atom is 0.269 e. The monoisotopic (exact) mass is 250 g/mol. The Hall–Kier alpha value is -1.62. The molecule has 0 amide bonds. The summed E-state index contributed by atoms with van der Waals surface area (Å²) in [6.45, 7) is 3.89. The topological polar surface area (TPSA) is 66.6 Å². The molecule has 0 spiro atoms. The van der Waals surface area contributed by atoms with Gasteiger partial charge in [-0.15, -0.1) is 0 Å². The molecular weight excluding hydrogens is 232 g/mol. The molecule has 98 valence electrons. The molecule has 1 aliphatic rings. The van der Waals surface area contributed by atoms with Crippen LogP contribution in [-0.4, -0.2) is 29.7 Å². The van der Waals surface area contributed by atoms with Crippen LogP contribution in [0.2, 0.25) is 0 Å². The number of aliphatic hydroxyl groups is 1. The molecule has 0 aliphatic carbocycles. The van der Waals surface area contributed by atoms with Crippen molar-refractivity contribution < 1.29 is 10.0 Å². The van der Waals surface area contributed by atoms with E-state index in [9.17, 15) is 15.2 Å². The van der Waals surface area contributed by atoms with Crippen LogP contribution in [0.5, 0.6) is 0 Å². The fraction of sp³-hybridized carbons (Fsp3) is 0.538.